The lowest BCUT2D eigenvalue weighted by Gasteiger charge is -2.10. The molecule has 0 aliphatic carbocycles. The number of carbonyl (C=O) groups excluding carboxylic acids is 2. The van der Waals surface area contributed by atoms with Crippen molar-refractivity contribution in [2.45, 2.75) is 6.18 Å². The third-order valence-electron chi connectivity index (χ3n) is 2.02. The van der Waals surface area contributed by atoms with Crippen molar-refractivity contribution in [1.82, 2.24) is 5.32 Å². The quantitative estimate of drug-likeness (QED) is 0.675. The number of alkyl halides is 3. The van der Waals surface area contributed by atoms with E-state index in [9.17, 15) is 22.8 Å². The van der Waals surface area contributed by atoms with E-state index < -0.39 is 23.7 Å². The standard InChI is InChI=1S/C12H10F3NO3/c1-19-10(17)9(16-11(18)12(13,14)15)7-8-5-3-2-4-6-8/h2-7H,1H3,(H,16,18)/b9-7-. The summed E-state index contributed by atoms with van der Waals surface area (Å²) in [5.41, 5.74) is -0.138. The van der Waals surface area contributed by atoms with Crippen LogP contribution in [0.4, 0.5) is 13.2 Å². The first-order valence-corrected chi connectivity index (χ1v) is 5.08. The van der Waals surface area contributed by atoms with E-state index in [2.05, 4.69) is 4.74 Å². The minimum Gasteiger partial charge on any atom is -0.464 e. The zero-order valence-corrected chi connectivity index (χ0v) is 9.82. The summed E-state index contributed by atoms with van der Waals surface area (Å²) in [5.74, 6) is -3.30. The van der Waals surface area contributed by atoms with E-state index in [0.29, 0.717) is 5.56 Å². The fraction of sp³-hybridized carbons (Fsp3) is 0.167. The van der Waals surface area contributed by atoms with E-state index in [-0.39, 0.29) is 0 Å². The van der Waals surface area contributed by atoms with Crippen molar-refractivity contribution in [1.29, 1.82) is 0 Å². The Morgan fingerprint density at radius 3 is 2.26 bits per heavy atom. The summed E-state index contributed by atoms with van der Waals surface area (Å²) in [5, 5.41) is 1.48. The Morgan fingerprint density at radius 1 is 1.21 bits per heavy atom. The molecule has 0 atom stereocenters. The predicted molar refractivity (Wildman–Crippen MR) is 60.6 cm³/mol. The molecule has 4 nitrogen and oxygen atoms in total. The molecule has 0 spiro atoms. The van der Waals surface area contributed by atoms with Crippen molar-refractivity contribution in [3.8, 4) is 0 Å². The van der Waals surface area contributed by atoms with Gasteiger partial charge in [-0.2, -0.15) is 13.2 Å². The van der Waals surface area contributed by atoms with Crippen LogP contribution in [-0.2, 0) is 14.3 Å². The summed E-state index contributed by atoms with van der Waals surface area (Å²) >= 11 is 0. The molecule has 1 rings (SSSR count). The van der Waals surface area contributed by atoms with Crippen LogP contribution in [-0.4, -0.2) is 25.2 Å². The number of rotatable bonds is 3. The van der Waals surface area contributed by atoms with Crippen molar-refractivity contribution in [2.24, 2.45) is 0 Å². The molecule has 0 aromatic heterocycles. The van der Waals surface area contributed by atoms with Gasteiger partial charge in [-0.3, -0.25) is 4.79 Å². The molecule has 7 heteroatoms. The number of nitrogens with one attached hydrogen (secondary N) is 1. The second-order valence-electron chi connectivity index (χ2n) is 3.41. The van der Waals surface area contributed by atoms with Crippen LogP contribution in [0.2, 0.25) is 0 Å². The van der Waals surface area contributed by atoms with Crippen LogP contribution < -0.4 is 5.32 Å². The summed E-state index contributed by atoms with van der Waals surface area (Å²) in [6.07, 6.45) is -3.99. The minimum absolute atomic E-state index is 0.449. The zero-order valence-electron chi connectivity index (χ0n) is 9.82. The SMILES string of the molecule is COC(=O)/C(=C/c1ccccc1)NC(=O)C(F)(F)F. The molecule has 1 aromatic carbocycles. The van der Waals surface area contributed by atoms with Gasteiger partial charge in [0.1, 0.15) is 5.70 Å². The highest BCUT2D eigenvalue weighted by molar-refractivity contribution is 5.99. The van der Waals surface area contributed by atoms with Crippen molar-refractivity contribution in [3.05, 3.63) is 41.6 Å². The average molecular weight is 273 g/mol. The normalized spacial score (nSPS) is 11.9. The van der Waals surface area contributed by atoms with Crippen LogP contribution >= 0.6 is 0 Å². The Hall–Kier alpha value is -2.31. The summed E-state index contributed by atoms with van der Waals surface area (Å²) in [6, 6.07) is 8.08. The number of ether oxygens (including phenoxy) is 1. The highest BCUT2D eigenvalue weighted by Crippen LogP contribution is 2.16. The Balaban J connectivity index is 3.00. The van der Waals surface area contributed by atoms with Gasteiger partial charge in [-0.1, -0.05) is 30.3 Å². The number of hydrogen-bond donors (Lipinski definition) is 1. The Labute approximate surface area is 106 Å². The minimum atomic E-state index is -5.08. The Kier molecular flexibility index (Phi) is 4.68. The smallest absolute Gasteiger partial charge is 0.464 e. The molecular weight excluding hydrogens is 263 g/mol. The number of benzene rings is 1. The number of amides is 1. The van der Waals surface area contributed by atoms with Gasteiger partial charge >= 0.3 is 18.1 Å². The second-order valence-corrected chi connectivity index (χ2v) is 3.41. The third kappa shape index (κ3) is 4.46. The number of esters is 1. The molecule has 0 aliphatic rings. The zero-order chi connectivity index (χ0) is 14.5. The Morgan fingerprint density at radius 2 is 1.79 bits per heavy atom. The van der Waals surface area contributed by atoms with Gasteiger partial charge in [-0.25, -0.2) is 4.79 Å². The predicted octanol–water partition coefficient (Wildman–Crippen LogP) is 1.88. The first-order chi connectivity index (χ1) is 8.84. The van der Waals surface area contributed by atoms with Gasteiger partial charge in [0.2, 0.25) is 0 Å². The molecule has 0 saturated heterocycles. The summed E-state index contributed by atoms with van der Waals surface area (Å²) in [6.45, 7) is 0. The van der Waals surface area contributed by atoms with Crippen molar-refractivity contribution < 1.29 is 27.5 Å². The molecule has 0 radical (unpaired) electrons. The van der Waals surface area contributed by atoms with Gasteiger partial charge in [0.05, 0.1) is 7.11 Å². The van der Waals surface area contributed by atoms with Crippen LogP contribution in [0, 0.1) is 0 Å². The first-order valence-electron chi connectivity index (χ1n) is 5.08. The van der Waals surface area contributed by atoms with E-state index in [1.807, 2.05) is 0 Å². The van der Waals surface area contributed by atoms with Crippen molar-refractivity contribution in [3.63, 3.8) is 0 Å². The van der Waals surface area contributed by atoms with E-state index in [1.54, 1.807) is 30.3 Å². The maximum Gasteiger partial charge on any atom is 0.471 e. The second kappa shape index (κ2) is 6.03. The van der Waals surface area contributed by atoms with Gasteiger partial charge in [-0.05, 0) is 11.6 Å². The maximum atomic E-state index is 12.1. The maximum absolute atomic E-state index is 12.1. The molecule has 1 amide bonds. The van der Waals surface area contributed by atoms with Gasteiger partial charge < -0.3 is 10.1 Å². The van der Waals surface area contributed by atoms with E-state index in [0.717, 1.165) is 13.2 Å². The lowest BCUT2D eigenvalue weighted by atomic mass is 10.2. The topological polar surface area (TPSA) is 55.4 Å². The molecule has 1 aromatic rings. The molecule has 0 saturated carbocycles. The highest BCUT2D eigenvalue weighted by atomic mass is 19.4. The molecule has 0 fully saturated rings. The number of halogens is 3. The van der Waals surface area contributed by atoms with E-state index >= 15 is 0 Å². The molecular formula is C12H10F3NO3. The number of methoxy groups -OCH3 is 1. The lowest BCUT2D eigenvalue weighted by Crippen LogP contribution is -2.38. The largest absolute Gasteiger partial charge is 0.471 e. The van der Waals surface area contributed by atoms with Gasteiger partial charge in [0.25, 0.3) is 0 Å². The Bertz CT molecular complexity index is 495. The van der Waals surface area contributed by atoms with Crippen LogP contribution in [0.15, 0.2) is 36.0 Å². The fourth-order valence-corrected chi connectivity index (χ4v) is 1.17. The number of hydrogen-bond acceptors (Lipinski definition) is 3. The lowest BCUT2D eigenvalue weighted by molar-refractivity contribution is -0.173. The molecule has 1 N–H and O–H groups in total. The molecule has 102 valence electrons. The van der Waals surface area contributed by atoms with Gasteiger partial charge in [0.15, 0.2) is 0 Å². The van der Waals surface area contributed by atoms with Crippen LogP contribution in [0.25, 0.3) is 6.08 Å². The third-order valence-corrected chi connectivity index (χ3v) is 2.02. The summed E-state index contributed by atoms with van der Waals surface area (Å²) in [4.78, 5) is 22.1. The molecule has 0 unspecified atom stereocenters. The fourth-order valence-electron chi connectivity index (χ4n) is 1.17. The number of carbonyl (C=O) groups is 2. The molecule has 19 heavy (non-hydrogen) atoms. The van der Waals surface area contributed by atoms with E-state index in [1.165, 1.54) is 5.32 Å². The first kappa shape index (κ1) is 14.7. The summed E-state index contributed by atoms with van der Waals surface area (Å²) < 4.78 is 40.7. The van der Waals surface area contributed by atoms with Gasteiger partial charge in [-0.15, -0.1) is 0 Å². The van der Waals surface area contributed by atoms with E-state index in [4.69, 9.17) is 0 Å². The molecule has 0 bridgehead atoms. The van der Waals surface area contributed by atoms with Gasteiger partial charge in [0, 0.05) is 0 Å². The summed E-state index contributed by atoms with van der Waals surface area (Å²) in [7, 11) is 1.00. The van der Waals surface area contributed by atoms with Crippen LogP contribution in [0.3, 0.4) is 0 Å². The van der Waals surface area contributed by atoms with Crippen LogP contribution in [0.1, 0.15) is 5.56 Å². The van der Waals surface area contributed by atoms with Crippen molar-refractivity contribution in [2.75, 3.05) is 7.11 Å². The monoisotopic (exact) mass is 273 g/mol. The van der Waals surface area contributed by atoms with Crippen LogP contribution in [0.5, 0.6) is 0 Å². The average Bonchev–Trinajstić information content (AvgIpc) is 2.37. The molecule has 0 aliphatic heterocycles. The molecule has 0 heterocycles. The van der Waals surface area contributed by atoms with Crippen molar-refractivity contribution >= 4 is 18.0 Å². The highest BCUT2D eigenvalue weighted by Gasteiger charge is 2.39.